The number of carbonyl (C=O) groups excluding carboxylic acids is 1. The van der Waals surface area contributed by atoms with Crippen LogP contribution in [0.4, 0.5) is 0 Å². The van der Waals surface area contributed by atoms with Crippen molar-refractivity contribution in [2.45, 2.75) is 51.3 Å². The Morgan fingerprint density at radius 2 is 2.32 bits per heavy atom. The maximum absolute atomic E-state index is 12.6. The molecule has 5 nitrogen and oxygen atoms in total. The summed E-state index contributed by atoms with van der Waals surface area (Å²) in [6.07, 6.45) is 3.01. The summed E-state index contributed by atoms with van der Waals surface area (Å²) in [7, 11) is 0. The number of amides is 1. The second-order valence-corrected chi connectivity index (χ2v) is 5.78. The fourth-order valence-electron chi connectivity index (χ4n) is 2.99. The van der Waals surface area contributed by atoms with Crippen LogP contribution in [0.5, 0.6) is 0 Å². The standard InChI is InChI=1S/C14H26N2O3/c1-3-11-4-5-15-13(6-11)14(18)16-7-12(8-17)19-9-10(16)2/h10-13,15,17H,3-9H2,1-2H3. The third-order valence-corrected chi connectivity index (χ3v) is 4.38. The van der Waals surface area contributed by atoms with Gasteiger partial charge in [-0.3, -0.25) is 4.79 Å². The van der Waals surface area contributed by atoms with E-state index in [2.05, 4.69) is 12.2 Å². The Bertz CT molecular complexity index is 311. The Hall–Kier alpha value is -0.650. The highest BCUT2D eigenvalue weighted by Crippen LogP contribution is 2.22. The zero-order valence-electron chi connectivity index (χ0n) is 12.0. The number of morpholine rings is 1. The Morgan fingerprint density at radius 3 is 3.00 bits per heavy atom. The van der Waals surface area contributed by atoms with Crippen molar-refractivity contribution < 1.29 is 14.6 Å². The van der Waals surface area contributed by atoms with Crippen LogP contribution in [0.15, 0.2) is 0 Å². The van der Waals surface area contributed by atoms with Crippen molar-refractivity contribution >= 4 is 5.91 Å². The molecule has 2 aliphatic heterocycles. The number of piperidine rings is 1. The van der Waals surface area contributed by atoms with Gasteiger partial charge in [-0.25, -0.2) is 0 Å². The van der Waals surface area contributed by atoms with Gasteiger partial charge in [0.15, 0.2) is 0 Å². The molecule has 0 spiro atoms. The van der Waals surface area contributed by atoms with E-state index >= 15 is 0 Å². The van der Waals surface area contributed by atoms with Gasteiger partial charge in [-0.1, -0.05) is 13.3 Å². The average molecular weight is 270 g/mol. The molecule has 19 heavy (non-hydrogen) atoms. The fourth-order valence-corrected chi connectivity index (χ4v) is 2.99. The minimum atomic E-state index is -0.231. The third-order valence-electron chi connectivity index (χ3n) is 4.38. The third kappa shape index (κ3) is 3.46. The van der Waals surface area contributed by atoms with Gasteiger partial charge in [0.25, 0.3) is 0 Å². The molecule has 4 unspecified atom stereocenters. The van der Waals surface area contributed by atoms with E-state index in [9.17, 15) is 9.90 Å². The van der Waals surface area contributed by atoms with Crippen molar-refractivity contribution in [3.63, 3.8) is 0 Å². The highest BCUT2D eigenvalue weighted by Gasteiger charge is 2.35. The first-order valence-electron chi connectivity index (χ1n) is 7.42. The first kappa shape index (κ1) is 14.8. The minimum Gasteiger partial charge on any atom is -0.394 e. The molecule has 0 aromatic heterocycles. The van der Waals surface area contributed by atoms with Gasteiger partial charge < -0.3 is 20.1 Å². The van der Waals surface area contributed by atoms with Gasteiger partial charge in [0.05, 0.1) is 31.4 Å². The monoisotopic (exact) mass is 270 g/mol. The molecule has 2 saturated heterocycles. The molecule has 0 aromatic rings. The van der Waals surface area contributed by atoms with Crippen LogP contribution in [0.2, 0.25) is 0 Å². The SMILES string of the molecule is CCC1CCNC(C(=O)N2CC(CO)OCC2C)C1. The largest absolute Gasteiger partial charge is 0.394 e. The second kappa shape index (κ2) is 6.68. The van der Waals surface area contributed by atoms with Crippen LogP contribution in [0.25, 0.3) is 0 Å². The van der Waals surface area contributed by atoms with E-state index in [1.807, 2.05) is 11.8 Å². The molecule has 4 atom stereocenters. The number of aliphatic hydroxyl groups excluding tert-OH is 1. The molecular weight excluding hydrogens is 244 g/mol. The Morgan fingerprint density at radius 1 is 1.53 bits per heavy atom. The summed E-state index contributed by atoms with van der Waals surface area (Å²) in [5.74, 6) is 0.826. The molecule has 0 saturated carbocycles. The number of nitrogens with one attached hydrogen (secondary N) is 1. The molecule has 2 fully saturated rings. The first-order chi connectivity index (χ1) is 9.15. The molecule has 2 aliphatic rings. The highest BCUT2D eigenvalue weighted by molar-refractivity contribution is 5.82. The lowest BCUT2D eigenvalue weighted by Crippen LogP contribution is -2.58. The zero-order valence-corrected chi connectivity index (χ0v) is 12.0. The lowest BCUT2D eigenvalue weighted by atomic mass is 9.89. The Labute approximate surface area is 115 Å². The normalized spacial score (nSPS) is 36.3. The van der Waals surface area contributed by atoms with Crippen molar-refractivity contribution in [1.29, 1.82) is 0 Å². The number of hydrogen-bond acceptors (Lipinski definition) is 4. The maximum Gasteiger partial charge on any atom is 0.240 e. The van der Waals surface area contributed by atoms with Crippen LogP contribution in [-0.4, -0.2) is 60.4 Å². The highest BCUT2D eigenvalue weighted by atomic mass is 16.5. The van der Waals surface area contributed by atoms with Crippen LogP contribution in [0, 0.1) is 5.92 Å². The smallest absolute Gasteiger partial charge is 0.240 e. The number of ether oxygens (including phenoxy) is 1. The van der Waals surface area contributed by atoms with Crippen LogP contribution in [0.1, 0.15) is 33.1 Å². The van der Waals surface area contributed by atoms with E-state index in [-0.39, 0.29) is 30.7 Å². The second-order valence-electron chi connectivity index (χ2n) is 5.78. The lowest BCUT2D eigenvalue weighted by molar-refractivity contribution is -0.149. The quantitative estimate of drug-likeness (QED) is 0.778. The molecule has 110 valence electrons. The lowest BCUT2D eigenvalue weighted by Gasteiger charge is -2.40. The number of hydrogen-bond donors (Lipinski definition) is 2. The Balaban J connectivity index is 1.97. The topological polar surface area (TPSA) is 61.8 Å². The number of aliphatic hydroxyl groups is 1. The van der Waals surface area contributed by atoms with Gasteiger partial charge >= 0.3 is 0 Å². The van der Waals surface area contributed by atoms with E-state index in [1.165, 1.54) is 0 Å². The Kier molecular flexibility index (Phi) is 5.19. The number of rotatable bonds is 3. The van der Waals surface area contributed by atoms with Gasteiger partial charge in [-0.2, -0.15) is 0 Å². The van der Waals surface area contributed by atoms with E-state index in [0.717, 1.165) is 25.8 Å². The number of nitrogens with zero attached hydrogens (tertiary/aromatic N) is 1. The van der Waals surface area contributed by atoms with Crippen molar-refractivity contribution in [3.8, 4) is 0 Å². The molecule has 0 aliphatic carbocycles. The molecule has 2 heterocycles. The fraction of sp³-hybridized carbons (Fsp3) is 0.929. The van der Waals surface area contributed by atoms with E-state index in [1.54, 1.807) is 0 Å². The molecule has 0 radical (unpaired) electrons. The molecule has 2 N–H and O–H groups in total. The summed E-state index contributed by atoms with van der Waals surface area (Å²) < 4.78 is 5.49. The molecule has 0 aromatic carbocycles. The molecule has 5 heteroatoms. The predicted molar refractivity (Wildman–Crippen MR) is 72.8 cm³/mol. The number of carbonyl (C=O) groups is 1. The summed E-state index contributed by atoms with van der Waals surface area (Å²) in [4.78, 5) is 14.5. The van der Waals surface area contributed by atoms with Crippen molar-refractivity contribution in [2.24, 2.45) is 5.92 Å². The van der Waals surface area contributed by atoms with Crippen LogP contribution >= 0.6 is 0 Å². The minimum absolute atomic E-state index is 0.0216. The summed E-state index contributed by atoms with van der Waals surface area (Å²) in [6.45, 7) is 6.12. The van der Waals surface area contributed by atoms with Gasteiger partial charge in [0.2, 0.25) is 5.91 Å². The van der Waals surface area contributed by atoms with Crippen molar-refractivity contribution in [3.05, 3.63) is 0 Å². The van der Waals surface area contributed by atoms with Crippen LogP contribution in [0.3, 0.4) is 0 Å². The molecular formula is C14H26N2O3. The molecule has 2 rings (SSSR count). The van der Waals surface area contributed by atoms with Crippen LogP contribution < -0.4 is 5.32 Å². The van der Waals surface area contributed by atoms with Gasteiger partial charge in [0, 0.05) is 6.54 Å². The van der Waals surface area contributed by atoms with Gasteiger partial charge in [-0.15, -0.1) is 0 Å². The molecule has 0 bridgehead atoms. The summed E-state index contributed by atoms with van der Waals surface area (Å²) >= 11 is 0. The summed E-state index contributed by atoms with van der Waals surface area (Å²) in [6, 6.07) is 0.0395. The summed E-state index contributed by atoms with van der Waals surface area (Å²) in [5.41, 5.74) is 0. The first-order valence-corrected chi connectivity index (χ1v) is 7.42. The van der Waals surface area contributed by atoms with Crippen LogP contribution in [-0.2, 0) is 9.53 Å². The van der Waals surface area contributed by atoms with Crippen molar-refractivity contribution in [2.75, 3.05) is 26.3 Å². The van der Waals surface area contributed by atoms with Gasteiger partial charge in [-0.05, 0) is 32.2 Å². The molecule has 1 amide bonds. The van der Waals surface area contributed by atoms with Crippen molar-refractivity contribution in [1.82, 2.24) is 10.2 Å². The van der Waals surface area contributed by atoms with E-state index < -0.39 is 0 Å². The average Bonchev–Trinajstić information content (AvgIpc) is 2.47. The maximum atomic E-state index is 12.6. The summed E-state index contributed by atoms with van der Waals surface area (Å²) in [5, 5.41) is 12.5. The predicted octanol–water partition coefficient (Wildman–Crippen LogP) is 0.373. The zero-order chi connectivity index (χ0) is 13.8. The van der Waals surface area contributed by atoms with E-state index in [0.29, 0.717) is 19.1 Å². The van der Waals surface area contributed by atoms with E-state index in [4.69, 9.17) is 4.74 Å². The van der Waals surface area contributed by atoms with Gasteiger partial charge in [0.1, 0.15) is 0 Å².